The maximum Gasteiger partial charge on any atom is 0.311 e. The van der Waals surface area contributed by atoms with Gasteiger partial charge in [-0.1, -0.05) is 42.5 Å². The predicted molar refractivity (Wildman–Crippen MR) is 96.4 cm³/mol. The highest BCUT2D eigenvalue weighted by Gasteiger charge is 2.48. The Kier molecular flexibility index (Phi) is 3.78. The van der Waals surface area contributed by atoms with E-state index in [0.29, 0.717) is 19.5 Å². The third-order valence-corrected chi connectivity index (χ3v) is 5.83. The van der Waals surface area contributed by atoms with Gasteiger partial charge < -0.3 is 10.0 Å². The molecule has 3 atom stereocenters. The van der Waals surface area contributed by atoms with E-state index < -0.39 is 11.4 Å². The summed E-state index contributed by atoms with van der Waals surface area (Å²) in [5.41, 5.74) is 0.413. The molecule has 0 radical (unpaired) electrons. The monoisotopic (exact) mass is 337 g/mol. The van der Waals surface area contributed by atoms with Gasteiger partial charge in [-0.15, -0.1) is 0 Å². The molecule has 0 bridgehead atoms. The van der Waals surface area contributed by atoms with Crippen LogP contribution in [-0.2, 0) is 9.59 Å². The second-order valence-electron chi connectivity index (χ2n) is 7.78. The van der Waals surface area contributed by atoms with Crippen LogP contribution in [0.5, 0.6) is 0 Å². The zero-order chi connectivity index (χ0) is 17.6. The minimum Gasteiger partial charge on any atom is -0.481 e. The third kappa shape index (κ3) is 2.90. The van der Waals surface area contributed by atoms with Crippen molar-refractivity contribution >= 4 is 22.6 Å². The van der Waals surface area contributed by atoms with E-state index in [1.54, 1.807) is 11.8 Å². The van der Waals surface area contributed by atoms with Crippen LogP contribution in [-0.4, -0.2) is 35.0 Å². The largest absolute Gasteiger partial charge is 0.481 e. The van der Waals surface area contributed by atoms with Crippen LogP contribution in [0.1, 0.15) is 37.7 Å². The van der Waals surface area contributed by atoms with Crippen molar-refractivity contribution < 1.29 is 14.7 Å². The SMILES string of the molecule is CC1(C(=O)O)CCCN(C(=O)C2CC2c2ccc3ccccc3c2)C1. The molecule has 1 N–H and O–H groups in total. The maximum atomic E-state index is 12.9. The second kappa shape index (κ2) is 5.87. The minimum absolute atomic E-state index is 0.0114. The lowest BCUT2D eigenvalue weighted by atomic mass is 9.82. The van der Waals surface area contributed by atoms with Crippen molar-refractivity contribution in [2.45, 2.75) is 32.1 Å². The van der Waals surface area contributed by atoms with Gasteiger partial charge in [-0.05, 0) is 48.4 Å². The summed E-state index contributed by atoms with van der Waals surface area (Å²) in [5.74, 6) is -0.385. The number of hydrogen-bond acceptors (Lipinski definition) is 2. The molecule has 4 heteroatoms. The molecule has 3 unspecified atom stereocenters. The van der Waals surface area contributed by atoms with Crippen LogP contribution in [0.2, 0.25) is 0 Å². The average molecular weight is 337 g/mol. The Balaban J connectivity index is 1.48. The summed E-state index contributed by atoms with van der Waals surface area (Å²) in [5, 5.41) is 11.9. The zero-order valence-electron chi connectivity index (χ0n) is 14.4. The first-order valence-electron chi connectivity index (χ1n) is 8.99. The van der Waals surface area contributed by atoms with E-state index >= 15 is 0 Å². The van der Waals surface area contributed by atoms with Gasteiger partial charge in [-0.2, -0.15) is 0 Å². The maximum absolute atomic E-state index is 12.9. The molecule has 25 heavy (non-hydrogen) atoms. The molecule has 2 aliphatic rings. The lowest BCUT2D eigenvalue weighted by Gasteiger charge is -2.37. The lowest BCUT2D eigenvalue weighted by molar-refractivity contribution is -0.153. The predicted octanol–water partition coefficient (Wildman–Crippen LogP) is 3.66. The van der Waals surface area contributed by atoms with Crippen LogP contribution in [0.4, 0.5) is 0 Å². The van der Waals surface area contributed by atoms with E-state index in [1.807, 2.05) is 12.1 Å². The van der Waals surface area contributed by atoms with Gasteiger partial charge in [-0.3, -0.25) is 9.59 Å². The van der Waals surface area contributed by atoms with Crippen LogP contribution in [0, 0.1) is 11.3 Å². The number of fused-ring (bicyclic) bond motifs is 1. The minimum atomic E-state index is -0.804. The second-order valence-corrected chi connectivity index (χ2v) is 7.78. The first-order chi connectivity index (χ1) is 12.0. The number of aliphatic carboxylic acids is 1. The molecule has 0 spiro atoms. The summed E-state index contributed by atoms with van der Waals surface area (Å²) in [6.45, 7) is 2.77. The Morgan fingerprint density at radius 2 is 1.92 bits per heavy atom. The van der Waals surface area contributed by atoms with E-state index in [2.05, 4.69) is 30.3 Å². The first kappa shape index (κ1) is 16.1. The molecular weight excluding hydrogens is 314 g/mol. The van der Waals surface area contributed by atoms with Crippen molar-refractivity contribution in [3.8, 4) is 0 Å². The van der Waals surface area contributed by atoms with Gasteiger partial charge in [0.25, 0.3) is 0 Å². The summed E-state index contributed by atoms with van der Waals surface area (Å²) in [4.78, 5) is 26.1. The fraction of sp³-hybridized carbons (Fsp3) is 0.429. The van der Waals surface area contributed by atoms with E-state index in [-0.39, 0.29) is 17.7 Å². The van der Waals surface area contributed by atoms with Crippen molar-refractivity contribution in [3.05, 3.63) is 48.0 Å². The number of nitrogens with zero attached hydrogens (tertiary/aromatic N) is 1. The van der Waals surface area contributed by atoms with Crippen molar-refractivity contribution in [3.63, 3.8) is 0 Å². The highest BCUT2D eigenvalue weighted by atomic mass is 16.4. The van der Waals surface area contributed by atoms with Crippen LogP contribution in [0.3, 0.4) is 0 Å². The molecule has 4 rings (SSSR count). The molecule has 4 nitrogen and oxygen atoms in total. The zero-order valence-corrected chi connectivity index (χ0v) is 14.4. The molecule has 2 fully saturated rings. The normalized spacial score (nSPS) is 28.8. The molecule has 2 aromatic carbocycles. The van der Waals surface area contributed by atoms with Gasteiger partial charge >= 0.3 is 5.97 Å². The summed E-state index contributed by atoms with van der Waals surface area (Å²) < 4.78 is 0. The Morgan fingerprint density at radius 3 is 2.68 bits per heavy atom. The van der Waals surface area contributed by atoms with Crippen molar-refractivity contribution in [2.75, 3.05) is 13.1 Å². The summed E-state index contributed by atoms with van der Waals surface area (Å²) in [6, 6.07) is 14.7. The smallest absolute Gasteiger partial charge is 0.311 e. The van der Waals surface area contributed by atoms with E-state index in [9.17, 15) is 14.7 Å². The number of hydrogen-bond donors (Lipinski definition) is 1. The van der Waals surface area contributed by atoms with Crippen molar-refractivity contribution in [2.24, 2.45) is 11.3 Å². The topological polar surface area (TPSA) is 57.6 Å². The van der Waals surface area contributed by atoms with Gasteiger partial charge in [0.2, 0.25) is 5.91 Å². The van der Waals surface area contributed by atoms with Crippen molar-refractivity contribution in [1.29, 1.82) is 0 Å². The molecule has 1 aliphatic heterocycles. The molecule has 1 aliphatic carbocycles. The Morgan fingerprint density at radius 1 is 1.16 bits per heavy atom. The number of amides is 1. The fourth-order valence-electron chi connectivity index (χ4n) is 4.11. The van der Waals surface area contributed by atoms with E-state index in [4.69, 9.17) is 0 Å². The van der Waals surface area contributed by atoms with Gasteiger partial charge in [-0.25, -0.2) is 0 Å². The summed E-state index contributed by atoms with van der Waals surface area (Å²) in [6.07, 6.45) is 2.28. The Bertz CT molecular complexity index is 846. The number of carbonyl (C=O) groups is 2. The fourth-order valence-corrected chi connectivity index (χ4v) is 4.11. The quantitative estimate of drug-likeness (QED) is 0.930. The number of rotatable bonds is 3. The number of benzene rings is 2. The van der Waals surface area contributed by atoms with Gasteiger partial charge in [0, 0.05) is 19.0 Å². The lowest BCUT2D eigenvalue weighted by Crippen LogP contribution is -2.49. The highest BCUT2D eigenvalue weighted by Crippen LogP contribution is 2.49. The molecule has 1 amide bonds. The molecule has 0 aromatic heterocycles. The Labute approximate surface area is 147 Å². The summed E-state index contributed by atoms with van der Waals surface area (Å²) >= 11 is 0. The average Bonchev–Trinajstić information content (AvgIpc) is 3.41. The highest BCUT2D eigenvalue weighted by molar-refractivity contribution is 5.86. The van der Waals surface area contributed by atoms with Gasteiger partial charge in [0.05, 0.1) is 5.41 Å². The van der Waals surface area contributed by atoms with E-state index in [0.717, 1.165) is 12.8 Å². The first-order valence-corrected chi connectivity index (χ1v) is 8.99. The van der Waals surface area contributed by atoms with Gasteiger partial charge in [0.1, 0.15) is 0 Å². The Hall–Kier alpha value is -2.36. The van der Waals surface area contributed by atoms with Crippen LogP contribution < -0.4 is 0 Å². The number of piperidine rings is 1. The number of likely N-dealkylation sites (tertiary alicyclic amines) is 1. The van der Waals surface area contributed by atoms with E-state index in [1.165, 1.54) is 16.3 Å². The number of carboxylic acids is 1. The molecular formula is C21H23NO3. The van der Waals surface area contributed by atoms with Crippen molar-refractivity contribution in [1.82, 2.24) is 4.90 Å². The number of carboxylic acid groups (broad SMARTS) is 1. The molecule has 130 valence electrons. The standard InChI is InChI=1S/C21H23NO3/c1-21(20(24)25)9-4-10-22(13-21)19(23)18-12-17(18)16-8-7-14-5-2-3-6-15(14)11-16/h2-3,5-8,11,17-18H,4,9-10,12-13H2,1H3,(H,24,25). The van der Waals surface area contributed by atoms with Crippen LogP contribution >= 0.6 is 0 Å². The molecule has 1 saturated carbocycles. The molecule has 2 aromatic rings. The summed E-state index contributed by atoms with van der Waals surface area (Å²) in [7, 11) is 0. The third-order valence-electron chi connectivity index (χ3n) is 5.83. The molecule has 1 saturated heterocycles. The van der Waals surface area contributed by atoms with Crippen LogP contribution in [0.25, 0.3) is 10.8 Å². The molecule has 1 heterocycles. The van der Waals surface area contributed by atoms with Gasteiger partial charge in [0.15, 0.2) is 0 Å². The number of carbonyl (C=O) groups excluding carboxylic acids is 1. The van der Waals surface area contributed by atoms with Crippen LogP contribution in [0.15, 0.2) is 42.5 Å².